The normalized spacial score (nSPS) is 12.9. The Hall–Kier alpha value is -2.33. The number of esters is 1. The highest BCUT2D eigenvalue weighted by Crippen LogP contribution is 2.30. The lowest BCUT2D eigenvalue weighted by molar-refractivity contribution is -0.139. The highest BCUT2D eigenvalue weighted by molar-refractivity contribution is 6.42. The van der Waals surface area contributed by atoms with Gasteiger partial charge >= 0.3 is 5.97 Å². The van der Waals surface area contributed by atoms with Crippen LogP contribution in [0.4, 0.5) is 0 Å². The molecule has 0 aliphatic heterocycles. The maximum Gasteiger partial charge on any atom is 0.319 e. The second kappa shape index (κ2) is 10.6. The van der Waals surface area contributed by atoms with Crippen LogP contribution < -0.4 is 5.32 Å². The van der Waals surface area contributed by atoms with Gasteiger partial charge in [0.25, 0.3) is 0 Å². The van der Waals surface area contributed by atoms with Crippen molar-refractivity contribution in [3.8, 4) is 11.1 Å². The summed E-state index contributed by atoms with van der Waals surface area (Å²) in [6, 6.07) is 24.6. The topological polar surface area (TPSA) is 38.3 Å². The van der Waals surface area contributed by atoms with E-state index in [1.807, 2.05) is 36.4 Å². The summed E-state index contributed by atoms with van der Waals surface area (Å²) in [7, 11) is 1.39. The minimum atomic E-state index is -0.283. The van der Waals surface area contributed by atoms with Crippen LogP contribution in [0, 0.1) is 0 Å². The molecule has 2 atom stereocenters. The standard InChI is InChI=1S/C25H25Cl2NO2/c1-17(28-16-25(29)30-2)22(14-18-8-13-23(26)24(27)15-18)21-11-9-20(10-12-21)19-6-4-3-5-7-19/h3-13,15,17,22,28H,14,16H2,1-2H3. The molecule has 0 saturated heterocycles. The molecule has 3 nitrogen and oxygen atoms in total. The van der Waals surface area contributed by atoms with Crippen molar-refractivity contribution in [2.24, 2.45) is 0 Å². The van der Waals surface area contributed by atoms with E-state index >= 15 is 0 Å². The molecule has 156 valence electrons. The summed E-state index contributed by atoms with van der Waals surface area (Å²) in [5.74, 6) is -0.147. The van der Waals surface area contributed by atoms with Crippen LogP contribution in [0.2, 0.25) is 10.0 Å². The smallest absolute Gasteiger partial charge is 0.319 e. The summed E-state index contributed by atoms with van der Waals surface area (Å²) in [4.78, 5) is 11.6. The third kappa shape index (κ3) is 5.85. The molecule has 0 amide bonds. The zero-order valence-electron chi connectivity index (χ0n) is 17.1. The third-order valence-corrected chi connectivity index (χ3v) is 6.02. The van der Waals surface area contributed by atoms with Crippen LogP contribution in [0.15, 0.2) is 72.8 Å². The molecule has 3 aromatic carbocycles. The molecule has 1 N–H and O–H groups in total. The van der Waals surface area contributed by atoms with Crippen molar-refractivity contribution in [1.29, 1.82) is 0 Å². The fourth-order valence-electron chi connectivity index (χ4n) is 3.52. The predicted octanol–water partition coefficient (Wildman–Crippen LogP) is 6.14. The molecule has 0 saturated carbocycles. The average molecular weight is 442 g/mol. The van der Waals surface area contributed by atoms with E-state index in [4.69, 9.17) is 27.9 Å². The van der Waals surface area contributed by atoms with E-state index in [1.54, 1.807) is 0 Å². The summed E-state index contributed by atoms with van der Waals surface area (Å²) in [5, 5.41) is 4.38. The lowest BCUT2D eigenvalue weighted by Crippen LogP contribution is -2.37. The number of methoxy groups -OCH3 is 1. The van der Waals surface area contributed by atoms with E-state index in [0.717, 1.165) is 12.0 Å². The third-order valence-electron chi connectivity index (χ3n) is 5.29. The van der Waals surface area contributed by atoms with Gasteiger partial charge in [-0.05, 0) is 47.7 Å². The number of nitrogens with one attached hydrogen (secondary N) is 1. The highest BCUT2D eigenvalue weighted by Gasteiger charge is 2.21. The first-order valence-electron chi connectivity index (χ1n) is 9.87. The van der Waals surface area contributed by atoms with Gasteiger partial charge in [0.1, 0.15) is 0 Å². The molecule has 3 aromatic rings. The number of rotatable bonds is 8. The van der Waals surface area contributed by atoms with E-state index < -0.39 is 0 Å². The Morgan fingerprint density at radius 3 is 2.23 bits per heavy atom. The van der Waals surface area contributed by atoms with Gasteiger partial charge in [-0.3, -0.25) is 4.79 Å². The van der Waals surface area contributed by atoms with Gasteiger partial charge in [-0.1, -0.05) is 83.9 Å². The van der Waals surface area contributed by atoms with Gasteiger partial charge in [0.05, 0.1) is 23.7 Å². The van der Waals surface area contributed by atoms with Crippen LogP contribution in [-0.4, -0.2) is 25.7 Å². The molecule has 30 heavy (non-hydrogen) atoms. The number of ether oxygens (including phenoxy) is 1. The number of hydrogen-bond acceptors (Lipinski definition) is 3. The van der Waals surface area contributed by atoms with E-state index in [-0.39, 0.29) is 24.5 Å². The Kier molecular flexibility index (Phi) is 7.92. The first-order chi connectivity index (χ1) is 14.5. The van der Waals surface area contributed by atoms with Gasteiger partial charge < -0.3 is 10.1 Å². The van der Waals surface area contributed by atoms with Crippen molar-refractivity contribution in [2.75, 3.05) is 13.7 Å². The number of halogens is 2. The van der Waals surface area contributed by atoms with Crippen LogP contribution >= 0.6 is 23.2 Å². The summed E-state index contributed by atoms with van der Waals surface area (Å²) in [5.41, 5.74) is 4.63. The Labute approximate surface area is 188 Å². The van der Waals surface area contributed by atoms with E-state index in [9.17, 15) is 4.79 Å². The van der Waals surface area contributed by atoms with Gasteiger partial charge in [0.2, 0.25) is 0 Å². The van der Waals surface area contributed by atoms with Crippen molar-refractivity contribution in [2.45, 2.75) is 25.3 Å². The monoisotopic (exact) mass is 441 g/mol. The molecule has 0 spiro atoms. The zero-order chi connectivity index (χ0) is 21.5. The first kappa shape index (κ1) is 22.4. The van der Waals surface area contributed by atoms with Crippen molar-refractivity contribution in [3.05, 3.63) is 94.0 Å². The van der Waals surface area contributed by atoms with Gasteiger partial charge in [-0.25, -0.2) is 0 Å². The van der Waals surface area contributed by atoms with Crippen LogP contribution in [0.25, 0.3) is 11.1 Å². The van der Waals surface area contributed by atoms with Gasteiger partial charge in [-0.2, -0.15) is 0 Å². The predicted molar refractivity (Wildman–Crippen MR) is 124 cm³/mol. The van der Waals surface area contributed by atoms with Crippen LogP contribution in [0.3, 0.4) is 0 Å². The lowest BCUT2D eigenvalue weighted by atomic mass is 9.85. The number of carbonyl (C=O) groups is 1. The molecule has 0 heterocycles. The number of hydrogen-bond donors (Lipinski definition) is 1. The van der Waals surface area contributed by atoms with Crippen LogP contribution in [-0.2, 0) is 16.0 Å². The Bertz CT molecular complexity index is 974. The molecule has 2 unspecified atom stereocenters. The quantitative estimate of drug-likeness (QED) is 0.426. The average Bonchev–Trinajstić information content (AvgIpc) is 2.78. The highest BCUT2D eigenvalue weighted by atomic mass is 35.5. The second-order valence-electron chi connectivity index (χ2n) is 7.29. The van der Waals surface area contributed by atoms with Gasteiger partial charge in [0, 0.05) is 12.0 Å². The van der Waals surface area contributed by atoms with E-state index in [1.165, 1.54) is 23.8 Å². The second-order valence-corrected chi connectivity index (χ2v) is 8.11. The maximum atomic E-state index is 11.6. The molecule has 0 radical (unpaired) electrons. The molecule has 0 aliphatic carbocycles. The first-order valence-corrected chi connectivity index (χ1v) is 10.6. The Morgan fingerprint density at radius 2 is 1.60 bits per heavy atom. The SMILES string of the molecule is COC(=O)CNC(C)C(Cc1ccc(Cl)c(Cl)c1)c1ccc(-c2ccccc2)cc1. The summed E-state index contributed by atoms with van der Waals surface area (Å²) < 4.78 is 4.76. The molecule has 0 bridgehead atoms. The fraction of sp³-hybridized carbons (Fsp3) is 0.240. The number of benzene rings is 3. The van der Waals surface area contributed by atoms with Crippen molar-refractivity contribution >= 4 is 29.2 Å². The lowest BCUT2D eigenvalue weighted by Gasteiger charge is -2.26. The molecule has 5 heteroatoms. The minimum Gasteiger partial charge on any atom is -0.468 e. The summed E-state index contributed by atoms with van der Waals surface area (Å²) in [6.45, 7) is 2.24. The Morgan fingerprint density at radius 1 is 0.933 bits per heavy atom. The minimum absolute atomic E-state index is 0.0427. The van der Waals surface area contributed by atoms with Crippen LogP contribution in [0.5, 0.6) is 0 Å². The fourth-order valence-corrected chi connectivity index (χ4v) is 3.84. The van der Waals surface area contributed by atoms with E-state index in [2.05, 4.69) is 48.6 Å². The molecule has 3 rings (SSSR count). The zero-order valence-corrected chi connectivity index (χ0v) is 18.6. The van der Waals surface area contributed by atoms with Crippen molar-refractivity contribution < 1.29 is 9.53 Å². The number of carbonyl (C=O) groups excluding carboxylic acids is 1. The van der Waals surface area contributed by atoms with Crippen LogP contribution in [0.1, 0.15) is 24.0 Å². The van der Waals surface area contributed by atoms with E-state index in [0.29, 0.717) is 10.0 Å². The van der Waals surface area contributed by atoms with Gasteiger partial charge in [-0.15, -0.1) is 0 Å². The molecular weight excluding hydrogens is 417 g/mol. The Balaban J connectivity index is 1.85. The largest absolute Gasteiger partial charge is 0.468 e. The molecule has 0 aromatic heterocycles. The molecule has 0 fully saturated rings. The molecular formula is C25H25Cl2NO2. The molecule has 0 aliphatic rings. The maximum absolute atomic E-state index is 11.6. The summed E-state index contributed by atoms with van der Waals surface area (Å²) in [6.07, 6.45) is 0.761. The van der Waals surface area contributed by atoms with Crippen molar-refractivity contribution in [1.82, 2.24) is 5.32 Å². The van der Waals surface area contributed by atoms with Gasteiger partial charge in [0.15, 0.2) is 0 Å². The summed E-state index contributed by atoms with van der Waals surface area (Å²) >= 11 is 12.3. The van der Waals surface area contributed by atoms with Crippen molar-refractivity contribution in [3.63, 3.8) is 0 Å².